The van der Waals surface area contributed by atoms with Gasteiger partial charge in [-0.3, -0.25) is 0 Å². The van der Waals surface area contributed by atoms with E-state index in [1.165, 1.54) is 88.4 Å². The van der Waals surface area contributed by atoms with Crippen molar-refractivity contribution >= 4 is 17.3 Å². The zero-order valence-corrected chi connectivity index (χ0v) is 20.2. The van der Waals surface area contributed by atoms with Crippen LogP contribution in [0, 0.1) is 0 Å². The third kappa shape index (κ3) is 13.1. The van der Waals surface area contributed by atoms with Crippen molar-refractivity contribution in [3.63, 3.8) is 0 Å². The largest absolute Gasteiger partial charge is 0.489 e. The second-order valence-corrected chi connectivity index (χ2v) is 9.23. The lowest BCUT2D eigenvalue weighted by molar-refractivity contribution is 0.0702. The minimum atomic E-state index is -0.918. The van der Waals surface area contributed by atoms with E-state index >= 15 is 0 Å². The Bertz CT molecular complexity index is 502. The number of hydrogen-bond acceptors (Lipinski definition) is 4. The van der Waals surface area contributed by atoms with Gasteiger partial charge < -0.3 is 14.6 Å². The summed E-state index contributed by atoms with van der Waals surface area (Å²) in [5.41, 5.74) is 0. The van der Waals surface area contributed by atoms with Crippen LogP contribution in [0.4, 0.5) is 0 Å². The van der Waals surface area contributed by atoms with E-state index < -0.39 is 5.97 Å². The first-order chi connectivity index (χ1) is 14.7. The molecule has 0 spiro atoms. The van der Waals surface area contributed by atoms with Crippen LogP contribution in [-0.2, 0) is 0 Å². The molecule has 0 aliphatic rings. The number of rotatable bonds is 21. The molecule has 0 saturated heterocycles. The lowest BCUT2D eigenvalue weighted by atomic mass is 10.1. The Morgan fingerprint density at radius 1 is 0.733 bits per heavy atom. The number of hydrogen-bond donors (Lipinski definition) is 1. The SMILES string of the molecule is CCCCCCCCCCOc1cc(C(=O)O)sc1OCCCCCCCCCC. The van der Waals surface area contributed by atoms with Crippen molar-refractivity contribution in [2.75, 3.05) is 13.2 Å². The molecular formula is C25H44O4S. The van der Waals surface area contributed by atoms with E-state index in [0.717, 1.165) is 25.7 Å². The molecule has 0 fully saturated rings. The van der Waals surface area contributed by atoms with Crippen LogP contribution in [0.5, 0.6) is 10.8 Å². The van der Waals surface area contributed by atoms with Gasteiger partial charge in [0.15, 0.2) is 5.75 Å². The Hall–Kier alpha value is -1.23. The summed E-state index contributed by atoms with van der Waals surface area (Å²) in [6.07, 6.45) is 20.1. The van der Waals surface area contributed by atoms with Crippen LogP contribution in [0.1, 0.15) is 126 Å². The monoisotopic (exact) mass is 440 g/mol. The topological polar surface area (TPSA) is 55.8 Å². The highest BCUT2D eigenvalue weighted by Crippen LogP contribution is 2.37. The number of unbranched alkanes of at least 4 members (excludes halogenated alkanes) is 14. The summed E-state index contributed by atoms with van der Waals surface area (Å²) in [4.78, 5) is 11.6. The average Bonchev–Trinajstić information content (AvgIpc) is 3.14. The zero-order valence-electron chi connectivity index (χ0n) is 19.4. The van der Waals surface area contributed by atoms with E-state index in [1.54, 1.807) is 6.07 Å². The molecule has 0 aromatic carbocycles. The molecule has 0 aliphatic heterocycles. The standard InChI is InChI=1S/C25H44O4S/c1-3-5-7-9-11-13-15-17-19-28-22-21-23(24(26)27)30-25(22)29-20-18-16-14-12-10-8-6-4-2/h21H,3-20H2,1-2H3,(H,26,27). The molecule has 1 aromatic rings. The van der Waals surface area contributed by atoms with Crippen LogP contribution in [0.2, 0.25) is 0 Å². The smallest absolute Gasteiger partial charge is 0.346 e. The van der Waals surface area contributed by atoms with Crippen LogP contribution in [0.3, 0.4) is 0 Å². The summed E-state index contributed by atoms with van der Waals surface area (Å²) < 4.78 is 11.7. The molecule has 0 atom stereocenters. The Kier molecular flexibility index (Phi) is 16.6. The molecule has 4 nitrogen and oxygen atoms in total. The number of carboxylic acid groups (broad SMARTS) is 1. The van der Waals surface area contributed by atoms with E-state index in [0.29, 0.717) is 24.0 Å². The molecule has 0 unspecified atom stereocenters. The molecule has 30 heavy (non-hydrogen) atoms. The Balaban J connectivity index is 2.22. The number of thiophene rings is 1. The molecular weight excluding hydrogens is 396 g/mol. The Morgan fingerprint density at radius 2 is 1.17 bits per heavy atom. The first-order valence-corrected chi connectivity index (χ1v) is 13.1. The molecule has 1 heterocycles. The van der Waals surface area contributed by atoms with Crippen molar-refractivity contribution in [3.05, 3.63) is 10.9 Å². The van der Waals surface area contributed by atoms with Gasteiger partial charge in [-0.05, 0) is 12.8 Å². The van der Waals surface area contributed by atoms with E-state index in [1.807, 2.05) is 0 Å². The predicted molar refractivity (Wildman–Crippen MR) is 127 cm³/mol. The molecule has 5 heteroatoms. The lowest BCUT2D eigenvalue weighted by Gasteiger charge is -2.09. The lowest BCUT2D eigenvalue weighted by Crippen LogP contribution is -2.00. The van der Waals surface area contributed by atoms with Crippen LogP contribution >= 0.6 is 11.3 Å². The quantitative estimate of drug-likeness (QED) is 0.195. The maximum Gasteiger partial charge on any atom is 0.346 e. The van der Waals surface area contributed by atoms with E-state index in [2.05, 4.69) is 13.8 Å². The Morgan fingerprint density at radius 3 is 1.63 bits per heavy atom. The molecule has 174 valence electrons. The van der Waals surface area contributed by atoms with Crippen molar-refractivity contribution in [1.82, 2.24) is 0 Å². The van der Waals surface area contributed by atoms with Crippen LogP contribution in [0.15, 0.2) is 6.07 Å². The fourth-order valence-corrected chi connectivity index (χ4v) is 4.30. The molecule has 0 radical (unpaired) electrons. The van der Waals surface area contributed by atoms with Gasteiger partial charge in [-0.15, -0.1) is 0 Å². The minimum Gasteiger partial charge on any atom is -0.489 e. The maximum atomic E-state index is 11.3. The second kappa shape index (κ2) is 18.5. The normalized spacial score (nSPS) is 11.0. The van der Waals surface area contributed by atoms with Crippen molar-refractivity contribution in [2.24, 2.45) is 0 Å². The average molecular weight is 441 g/mol. The van der Waals surface area contributed by atoms with Crippen molar-refractivity contribution in [3.8, 4) is 10.8 Å². The minimum absolute atomic E-state index is 0.284. The van der Waals surface area contributed by atoms with Gasteiger partial charge in [0.2, 0.25) is 5.06 Å². The van der Waals surface area contributed by atoms with Crippen molar-refractivity contribution in [2.45, 2.75) is 117 Å². The summed E-state index contributed by atoms with van der Waals surface area (Å²) in [5, 5.41) is 9.90. The highest BCUT2D eigenvalue weighted by Gasteiger charge is 2.16. The van der Waals surface area contributed by atoms with Gasteiger partial charge in [-0.2, -0.15) is 0 Å². The third-order valence-electron chi connectivity index (χ3n) is 5.36. The van der Waals surface area contributed by atoms with Gasteiger partial charge in [0, 0.05) is 6.07 Å². The molecule has 0 bridgehead atoms. The van der Waals surface area contributed by atoms with E-state index in [4.69, 9.17) is 9.47 Å². The zero-order chi connectivity index (χ0) is 21.9. The molecule has 0 aliphatic carbocycles. The van der Waals surface area contributed by atoms with E-state index in [-0.39, 0.29) is 4.88 Å². The van der Waals surface area contributed by atoms with Gasteiger partial charge in [-0.25, -0.2) is 4.79 Å². The van der Waals surface area contributed by atoms with Crippen molar-refractivity contribution in [1.29, 1.82) is 0 Å². The summed E-state index contributed by atoms with van der Waals surface area (Å²) in [6.45, 7) is 5.73. The van der Waals surface area contributed by atoms with Gasteiger partial charge in [0.05, 0.1) is 13.2 Å². The van der Waals surface area contributed by atoms with Crippen LogP contribution in [-0.4, -0.2) is 24.3 Å². The highest BCUT2D eigenvalue weighted by atomic mass is 32.1. The predicted octanol–water partition coefficient (Wildman–Crippen LogP) is 8.49. The Labute approximate surface area is 188 Å². The van der Waals surface area contributed by atoms with Gasteiger partial charge in [0.1, 0.15) is 4.88 Å². The summed E-state index contributed by atoms with van der Waals surface area (Å²) >= 11 is 1.18. The summed E-state index contributed by atoms with van der Waals surface area (Å²) in [6, 6.07) is 1.61. The number of carboxylic acids is 1. The van der Waals surface area contributed by atoms with Gasteiger partial charge in [-0.1, -0.05) is 115 Å². The van der Waals surface area contributed by atoms with E-state index in [9.17, 15) is 9.90 Å². The summed E-state index contributed by atoms with van der Waals surface area (Å²) in [7, 11) is 0. The van der Waals surface area contributed by atoms with Crippen LogP contribution < -0.4 is 9.47 Å². The first kappa shape index (κ1) is 26.8. The molecule has 0 saturated carbocycles. The second-order valence-electron chi connectivity index (χ2n) is 8.21. The molecule has 1 aromatic heterocycles. The fourth-order valence-electron chi connectivity index (χ4n) is 3.48. The molecule has 1 N–H and O–H groups in total. The van der Waals surface area contributed by atoms with Gasteiger partial charge in [0.25, 0.3) is 0 Å². The third-order valence-corrected chi connectivity index (χ3v) is 6.38. The number of carbonyl (C=O) groups is 1. The highest BCUT2D eigenvalue weighted by molar-refractivity contribution is 7.16. The summed E-state index contributed by atoms with van der Waals surface area (Å²) in [5.74, 6) is -0.321. The fraction of sp³-hybridized carbons (Fsp3) is 0.800. The maximum absolute atomic E-state index is 11.3. The van der Waals surface area contributed by atoms with Gasteiger partial charge >= 0.3 is 5.97 Å². The number of aromatic carboxylic acids is 1. The first-order valence-electron chi connectivity index (χ1n) is 12.3. The molecule has 0 amide bonds. The number of ether oxygens (including phenoxy) is 2. The van der Waals surface area contributed by atoms with Crippen LogP contribution in [0.25, 0.3) is 0 Å². The molecule has 1 rings (SSSR count). The van der Waals surface area contributed by atoms with Crippen molar-refractivity contribution < 1.29 is 19.4 Å².